The van der Waals surface area contributed by atoms with E-state index >= 15 is 4.39 Å². The van der Waals surface area contributed by atoms with Gasteiger partial charge in [-0.2, -0.15) is 0 Å². The van der Waals surface area contributed by atoms with Crippen molar-refractivity contribution in [3.63, 3.8) is 0 Å². The van der Waals surface area contributed by atoms with Crippen LogP contribution in [0.15, 0.2) is 11.0 Å². The summed E-state index contributed by atoms with van der Waals surface area (Å²) < 4.78 is 41.5. The van der Waals surface area contributed by atoms with E-state index in [1.807, 2.05) is 0 Å². The molecule has 2 aromatic rings. The van der Waals surface area contributed by atoms with E-state index in [1.54, 1.807) is 0 Å². The zero-order valence-corrected chi connectivity index (χ0v) is 14.2. The topological polar surface area (TPSA) is 107 Å². The zero-order valence-electron chi connectivity index (χ0n) is 14.2. The van der Waals surface area contributed by atoms with Gasteiger partial charge in [-0.05, 0) is 12.8 Å². The van der Waals surface area contributed by atoms with Crippen LogP contribution in [-0.4, -0.2) is 42.1 Å². The van der Waals surface area contributed by atoms with Crippen LogP contribution in [0, 0.1) is 11.6 Å². The fourth-order valence-electron chi connectivity index (χ4n) is 3.40. The number of nitrogens with zero attached hydrogens (tertiary/aromatic N) is 2. The molecule has 0 spiro atoms. The van der Waals surface area contributed by atoms with Gasteiger partial charge in [-0.3, -0.25) is 4.79 Å². The molecule has 3 N–H and O–H groups in total. The van der Waals surface area contributed by atoms with Gasteiger partial charge >= 0.3 is 6.16 Å². The lowest BCUT2D eigenvalue weighted by Crippen LogP contribution is -2.37. The SMILES string of the molecule is Nc1c(F)c(N2CCOCC2)c(F)c2c1c(=O)c(OC(=O)O)cn2C1CC1. The van der Waals surface area contributed by atoms with Gasteiger partial charge in [-0.1, -0.05) is 0 Å². The standard InChI is InChI=1S/C17H17F2N3O5/c18-11-13(20)10-14(12(19)15(11)21-3-5-26-6-4-21)22(8-1-2-8)7-9(16(10)23)27-17(24)25/h7-8H,1-6,20H2,(H,24,25). The van der Waals surface area contributed by atoms with E-state index in [0.29, 0.717) is 26.1 Å². The molecule has 0 amide bonds. The first-order valence-electron chi connectivity index (χ1n) is 8.49. The summed E-state index contributed by atoms with van der Waals surface area (Å²) in [6.07, 6.45) is 0.889. The molecule has 144 valence electrons. The van der Waals surface area contributed by atoms with Crippen LogP contribution < -0.4 is 20.8 Å². The third-order valence-electron chi connectivity index (χ3n) is 4.80. The first-order valence-corrected chi connectivity index (χ1v) is 8.49. The Bertz CT molecular complexity index is 997. The molecular formula is C17H17F2N3O5. The number of fused-ring (bicyclic) bond motifs is 1. The van der Waals surface area contributed by atoms with Crippen LogP contribution in [0.2, 0.25) is 0 Å². The number of nitrogens with two attached hydrogens (primary N) is 1. The fourth-order valence-corrected chi connectivity index (χ4v) is 3.40. The largest absolute Gasteiger partial charge is 0.511 e. The van der Waals surface area contributed by atoms with E-state index in [0.717, 1.165) is 6.20 Å². The minimum atomic E-state index is -1.70. The second kappa shape index (κ2) is 6.38. The van der Waals surface area contributed by atoms with Gasteiger partial charge in [0.15, 0.2) is 17.4 Å². The highest BCUT2D eigenvalue weighted by Gasteiger charge is 2.32. The number of hydrogen-bond donors (Lipinski definition) is 2. The number of morpholine rings is 1. The number of ether oxygens (including phenoxy) is 2. The molecule has 8 nitrogen and oxygen atoms in total. The number of hydrogen-bond acceptors (Lipinski definition) is 6. The van der Waals surface area contributed by atoms with Crippen molar-refractivity contribution < 1.29 is 28.2 Å². The van der Waals surface area contributed by atoms with Gasteiger partial charge in [0, 0.05) is 19.1 Å². The van der Waals surface area contributed by atoms with Crippen LogP contribution >= 0.6 is 0 Å². The predicted molar refractivity (Wildman–Crippen MR) is 92.5 cm³/mol. The Morgan fingerprint density at radius 1 is 1.26 bits per heavy atom. The summed E-state index contributed by atoms with van der Waals surface area (Å²) in [6, 6.07) is -0.138. The highest BCUT2D eigenvalue weighted by Crippen LogP contribution is 2.42. The van der Waals surface area contributed by atoms with Gasteiger partial charge < -0.3 is 29.8 Å². The van der Waals surface area contributed by atoms with E-state index in [1.165, 1.54) is 9.47 Å². The molecule has 1 saturated heterocycles. The number of benzene rings is 1. The average Bonchev–Trinajstić information content (AvgIpc) is 3.47. The highest BCUT2D eigenvalue weighted by atomic mass is 19.1. The number of rotatable bonds is 3. The third-order valence-corrected chi connectivity index (χ3v) is 4.80. The van der Waals surface area contributed by atoms with Crippen molar-refractivity contribution in [3.05, 3.63) is 28.1 Å². The number of anilines is 2. The number of carbonyl (C=O) groups is 1. The van der Waals surface area contributed by atoms with E-state index < -0.39 is 40.0 Å². The number of halogens is 2. The summed E-state index contributed by atoms with van der Waals surface area (Å²) >= 11 is 0. The Hall–Kier alpha value is -2.88. The highest BCUT2D eigenvalue weighted by molar-refractivity contribution is 5.96. The van der Waals surface area contributed by atoms with Crippen molar-refractivity contribution in [2.75, 3.05) is 36.9 Å². The summed E-state index contributed by atoms with van der Waals surface area (Å²) in [5.41, 5.74) is 3.94. The van der Waals surface area contributed by atoms with Crippen molar-refractivity contribution >= 4 is 28.4 Å². The molecule has 0 atom stereocenters. The maximum atomic E-state index is 15.4. The predicted octanol–water partition coefficient (Wildman–Crippen LogP) is 2.09. The quantitative estimate of drug-likeness (QED) is 0.619. The monoisotopic (exact) mass is 381 g/mol. The van der Waals surface area contributed by atoms with Crippen LogP contribution in [0.3, 0.4) is 0 Å². The van der Waals surface area contributed by atoms with Crippen LogP contribution in [0.4, 0.5) is 25.0 Å². The number of carboxylic acid groups (broad SMARTS) is 1. The van der Waals surface area contributed by atoms with Crippen LogP contribution in [-0.2, 0) is 4.74 Å². The molecular weight excluding hydrogens is 364 g/mol. The fraction of sp³-hybridized carbons (Fsp3) is 0.412. The van der Waals surface area contributed by atoms with Gasteiger partial charge in [0.05, 0.1) is 36.0 Å². The molecule has 2 aliphatic rings. The molecule has 0 unspecified atom stereocenters. The van der Waals surface area contributed by atoms with Crippen LogP contribution in [0.25, 0.3) is 10.9 Å². The first kappa shape index (κ1) is 17.5. The molecule has 1 aromatic heterocycles. The van der Waals surface area contributed by atoms with Gasteiger partial charge in [0.25, 0.3) is 0 Å². The molecule has 1 saturated carbocycles. The number of pyridine rings is 1. The van der Waals surface area contributed by atoms with Gasteiger partial charge in [-0.15, -0.1) is 0 Å². The van der Waals surface area contributed by atoms with Crippen molar-refractivity contribution in [1.29, 1.82) is 0 Å². The maximum Gasteiger partial charge on any atom is 0.511 e. The van der Waals surface area contributed by atoms with Crippen molar-refractivity contribution in [3.8, 4) is 5.75 Å². The molecule has 0 radical (unpaired) electrons. The van der Waals surface area contributed by atoms with Crippen molar-refractivity contribution in [1.82, 2.24) is 4.57 Å². The van der Waals surface area contributed by atoms with E-state index in [9.17, 15) is 14.0 Å². The third kappa shape index (κ3) is 2.85. The summed E-state index contributed by atoms with van der Waals surface area (Å²) in [7, 11) is 0. The molecule has 10 heteroatoms. The van der Waals surface area contributed by atoms with E-state index in [-0.39, 0.29) is 30.3 Å². The Morgan fingerprint density at radius 3 is 2.52 bits per heavy atom. The number of aromatic nitrogens is 1. The Balaban J connectivity index is 2.04. The second-order valence-corrected chi connectivity index (χ2v) is 6.54. The Morgan fingerprint density at radius 2 is 1.93 bits per heavy atom. The minimum absolute atomic E-state index is 0.138. The number of nitrogen functional groups attached to an aromatic ring is 1. The van der Waals surface area contributed by atoms with Crippen molar-refractivity contribution in [2.45, 2.75) is 18.9 Å². The Labute approximate surface area is 151 Å². The molecule has 4 rings (SSSR count). The zero-order chi connectivity index (χ0) is 19.3. The second-order valence-electron chi connectivity index (χ2n) is 6.54. The maximum absolute atomic E-state index is 15.4. The van der Waals surface area contributed by atoms with E-state index in [2.05, 4.69) is 4.74 Å². The van der Waals surface area contributed by atoms with Crippen LogP contribution in [0.1, 0.15) is 18.9 Å². The summed E-state index contributed by atoms with van der Waals surface area (Å²) in [5, 5.41) is 8.42. The average molecular weight is 381 g/mol. The summed E-state index contributed by atoms with van der Waals surface area (Å²) in [6.45, 7) is 1.20. The van der Waals surface area contributed by atoms with Crippen LogP contribution in [0.5, 0.6) is 5.75 Å². The molecule has 1 aliphatic heterocycles. The molecule has 1 aromatic carbocycles. The summed E-state index contributed by atoms with van der Waals surface area (Å²) in [5.74, 6) is -2.48. The molecule has 0 bridgehead atoms. The van der Waals surface area contributed by atoms with E-state index in [4.69, 9.17) is 15.6 Å². The summed E-state index contributed by atoms with van der Waals surface area (Å²) in [4.78, 5) is 25.0. The van der Waals surface area contributed by atoms with Gasteiger partial charge in [0.2, 0.25) is 5.43 Å². The lowest BCUT2D eigenvalue weighted by molar-refractivity contribution is 0.122. The minimum Gasteiger partial charge on any atom is -0.449 e. The van der Waals surface area contributed by atoms with Gasteiger partial charge in [0.1, 0.15) is 5.69 Å². The molecule has 2 heterocycles. The van der Waals surface area contributed by atoms with Crippen molar-refractivity contribution in [2.24, 2.45) is 0 Å². The molecule has 2 fully saturated rings. The Kier molecular flexibility index (Phi) is 4.14. The normalized spacial score (nSPS) is 17.3. The lowest BCUT2D eigenvalue weighted by Gasteiger charge is -2.30. The van der Waals surface area contributed by atoms with Gasteiger partial charge in [-0.25, -0.2) is 13.6 Å². The molecule has 1 aliphatic carbocycles. The molecule has 27 heavy (non-hydrogen) atoms. The first-order chi connectivity index (χ1) is 12.9. The smallest absolute Gasteiger partial charge is 0.449 e. The lowest BCUT2D eigenvalue weighted by atomic mass is 10.1.